The standard InChI is InChI=1S/C17H25BO3/c1-16(2)17(3,4)21-18(20-16)13-9-12-15(19-5)14-10-7-6-8-11-14/h6-11,13,15H,12H2,1-5H3/b13-9+. The van der Waals surface area contributed by atoms with Gasteiger partial charge in [-0.3, -0.25) is 0 Å². The first kappa shape index (κ1) is 16.3. The van der Waals surface area contributed by atoms with Crippen LogP contribution in [0, 0.1) is 0 Å². The molecular weight excluding hydrogens is 263 g/mol. The zero-order valence-electron chi connectivity index (χ0n) is 13.6. The van der Waals surface area contributed by atoms with E-state index in [0.717, 1.165) is 6.42 Å². The molecule has 1 heterocycles. The van der Waals surface area contributed by atoms with Gasteiger partial charge in [0.2, 0.25) is 0 Å². The van der Waals surface area contributed by atoms with Crippen LogP contribution in [-0.4, -0.2) is 25.4 Å². The third-order valence-electron chi connectivity index (χ3n) is 4.37. The van der Waals surface area contributed by atoms with Gasteiger partial charge < -0.3 is 14.0 Å². The number of rotatable bonds is 5. The van der Waals surface area contributed by atoms with Gasteiger partial charge in [-0.05, 0) is 39.7 Å². The maximum atomic E-state index is 5.94. The molecule has 0 radical (unpaired) electrons. The van der Waals surface area contributed by atoms with Gasteiger partial charge in [0.15, 0.2) is 0 Å². The van der Waals surface area contributed by atoms with Crippen LogP contribution in [0.25, 0.3) is 0 Å². The Kier molecular flexibility index (Phi) is 4.92. The lowest BCUT2D eigenvalue weighted by atomic mass is 9.89. The second-order valence-corrected chi connectivity index (χ2v) is 6.42. The molecule has 1 aliphatic heterocycles. The van der Waals surface area contributed by atoms with Gasteiger partial charge in [-0.2, -0.15) is 0 Å². The number of methoxy groups -OCH3 is 1. The molecule has 3 nitrogen and oxygen atoms in total. The highest BCUT2D eigenvalue weighted by molar-refractivity contribution is 6.51. The molecule has 4 heteroatoms. The molecule has 0 N–H and O–H groups in total. The van der Waals surface area contributed by atoms with E-state index in [4.69, 9.17) is 14.0 Å². The molecule has 1 fully saturated rings. The fourth-order valence-electron chi connectivity index (χ4n) is 2.32. The van der Waals surface area contributed by atoms with Crippen LogP contribution in [0.3, 0.4) is 0 Å². The predicted octanol–water partition coefficient (Wildman–Crippen LogP) is 3.95. The Morgan fingerprint density at radius 3 is 2.19 bits per heavy atom. The molecule has 1 aromatic rings. The Labute approximate surface area is 128 Å². The normalized spacial score (nSPS) is 21.9. The monoisotopic (exact) mass is 288 g/mol. The third kappa shape index (κ3) is 3.76. The van der Waals surface area contributed by atoms with Crippen LogP contribution in [0.4, 0.5) is 0 Å². The molecule has 21 heavy (non-hydrogen) atoms. The average Bonchev–Trinajstić information content (AvgIpc) is 2.64. The van der Waals surface area contributed by atoms with Crippen molar-refractivity contribution in [2.75, 3.05) is 7.11 Å². The highest BCUT2D eigenvalue weighted by atomic mass is 16.7. The summed E-state index contributed by atoms with van der Waals surface area (Å²) in [6.45, 7) is 8.23. The highest BCUT2D eigenvalue weighted by Gasteiger charge is 2.49. The van der Waals surface area contributed by atoms with Crippen molar-refractivity contribution in [3.05, 3.63) is 47.9 Å². The quantitative estimate of drug-likeness (QED) is 0.768. The molecule has 0 saturated carbocycles. The van der Waals surface area contributed by atoms with E-state index in [0.29, 0.717) is 0 Å². The minimum Gasteiger partial charge on any atom is -0.400 e. The van der Waals surface area contributed by atoms with E-state index in [-0.39, 0.29) is 24.4 Å². The maximum Gasteiger partial charge on any atom is 0.486 e. The van der Waals surface area contributed by atoms with Crippen molar-refractivity contribution in [2.24, 2.45) is 0 Å². The second-order valence-electron chi connectivity index (χ2n) is 6.42. The van der Waals surface area contributed by atoms with Gasteiger partial charge >= 0.3 is 7.12 Å². The first-order valence-corrected chi connectivity index (χ1v) is 7.46. The molecule has 0 amide bonds. The Bertz CT molecular complexity index is 466. The van der Waals surface area contributed by atoms with Crippen molar-refractivity contribution in [2.45, 2.75) is 51.4 Å². The molecule has 0 bridgehead atoms. The van der Waals surface area contributed by atoms with Crippen molar-refractivity contribution in [3.8, 4) is 0 Å². The van der Waals surface area contributed by atoms with E-state index in [2.05, 4.69) is 45.9 Å². The number of hydrogen-bond donors (Lipinski definition) is 0. The summed E-state index contributed by atoms with van der Waals surface area (Å²) in [6, 6.07) is 10.2. The summed E-state index contributed by atoms with van der Waals surface area (Å²) < 4.78 is 17.4. The Hall–Kier alpha value is -1.10. The van der Waals surface area contributed by atoms with E-state index in [1.165, 1.54) is 5.56 Å². The van der Waals surface area contributed by atoms with Crippen LogP contribution in [0.5, 0.6) is 0 Å². The SMILES string of the molecule is COC(C/C=C/B1OC(C)(C)C(C)(C)O1)c1ccccc1. The lowest BCUT2D eigenvalue weighted by Gasteiger charge is -2.32. The van der Waals surface area contributed by atoms with Crippen molar-refractivity contribution < 1.29 is 14.0 Å². The summed E-state index contributed by atoms with van der Waals surface area (Å²) in [5, 5.41) is 0. The number of ether oxygens (including phenoxy) is 1. The van der Waals surface area contributed by atoms with Gasteiger partial charge in [0.05, 0.1) is 17.3 Å². The topological polar surface area (TPSA) is 27.7 Å². The molecule has 1 aliphatic rings. The molecule has 1 aromatic carbocycles. The molecule has 0 spiro atoms. The van der Waals surface area contributed by atoms with Gasteiger partial charge in [-0.15, -0.1) is 0 Å². The van der Waals surface area contributed by atoms with Crippen molar-refractivity contribution >= 4 is 7.12 Å². The van der Waals surface area contributed by atoms with Gasteiger partial charge in [0.1, 0.15) is 0 Å². The average molecular weight is 288 g/mol. The van der Waals surface area contributed by atoms with Crippen LogP contribution in [0.2, 0.25) is 0 Å². The van der Waals surface area contributed by atoms with E-state index in [1.807, 2.05) is 24.2 Å². The fraction of sp³-hybridized carbons (Fsp3) is 0.529. The van der Waals surface area contributed by atoms with Gasteiger partial charge in [-0.1, -0.05) is 42.4 Å². The van der Waals surface area contributed by atoms with Gasteiger partial charge in [0.25, 0.3) is 0 Å². The zero-order valence-corrected chi connectivity index (χ0v) is 13.6. The molecule has 1 atom stereocenters. The molecule has 0 aliphatic carbocycles. The highest BCUT2D eigenvalue weighted by Crippen LogP contribution is 2.37. The van der Waals surface area contributed by atoms with Crippen LogP contribution < -0.4 is 0 Å². The lowest BCUT2D eigenvalue weighted by molar-refractivity contribution is 0.00578. The van der Waals surface area contributed by atoms with Gasteiger partial charge in [0, 0.05) is 7.11 Å². The van der Waals surface area contributed by atoms with Crippen LogP contribution in [0.15, 0.2) is 42.4 Å². The number of benzene rings is 1. The minimum absolute atomic E-state index is 0.0601. The second kappa shape index (κ2) is 6.35. The molecule has 0 aromatic heterocycles. The largest absolute Gasteiger partial charge is 0.486 e. The summed E-state index contributed by atoms with van der Waals surface area (Å²) in [4.78, 5) is 0. The van der Waals surface area contributed by atoms with Gasteiger partial charge in [-0.25, -0.2) is 0 Å². The van der Waals surface area contributed by atoms with Crippen LogP contribution >= 0.6 is 0 Å². The predicted molar refractivity (Wildman–Crippen MR) is 86.0 cm³/mol. The smallest absolute Gasteiger partial charge is 0.400 e. The summed E-state index contributed by atoms with van der Waals surface area (Å²) in [5.74, 6) is 1.98. The van der Waals surface area contributed by atoms with Crippen LogP contribution in [-0.2, 0) is 14.0 Å². The van der Waals surface area contributed by atoms with E-state index < -0.39 is 0 Å². The molecule has 1 saturated heterocycles. The maximum absolute atomic E-state index is 5.94. The van der Waals surface area contributed by atoms with E-state index in [9.17, 15) is 0 Å². The molecule has 2 rings (SSSR count). The summed E-state index contributed by atoms with van der Waals surface area (Å²) in [6.07, 6.45) is 2.93. The summed E-state index contributed by atoms with van der Waals surface area (Å²) in [7, 11) is 1.45. The van der Waals surface area contributed by atoms with Crippen molar-refractivity contribution in [3.63, 3.8) is 0 Å². The molecular formula is C17H25BO3. The Balaban J connectivity index is 1.94. The minimum atomic E-state index is -0.290. The summed E-state index contributed by atoms with van der Waals surface area (Å²) >= 11 is 0. The lowest BCUT2D eigenvalue weighted by Crippen LogP contribution is -2.41. The molecule has 1 unspecified atom stereocenters. The van der Waals surface area contributed by atoms with Crippen molar-refractivity contribution in [1.82, 2.24) is 0 Å². The summed E-state index contributed by atoms with van der Waals surface area (Å²) in [5.41, 5.74) is 0.600. The first-order valence-electron chi connectivity index (χ1n) is 7.46. The van der Waals surface area contributed by atoms with E-state index in [1.54, 1.807) is 7.11 Å². The Morgan fingerprint density at radius 2 is 1.67 bits per heavy atom. The van der Waals surface area contributed by atoms with E-state index >= 15 is 0 Å². The molecule has 114 valence electrons. The number of hydrogen-bond acceptors (Lipinski definition) is 3. The third-order valence-corrected chi connectivity index (χ3v) is 4.37. The zero-order chi connectivity index (χ0) is 15.5. The van der Waals surface area contributed by atoms with Crippen LogP contribution in [0.1, 0.15) is 45.8 Å². The van der Waals surface area contributed by atoms with Crippen molar-refractivity contribution in [1.29, 1.82) is 0 Å². The Morgan fingerprint density at radius 1 is 1.10 bits per heavy atom. The fourth-order valence-corrected chi connectivity index (χ4v) is 2.32. The first-order chi connectivity index (χ1) is 9.86.